The van der Waals surface area contributed by atoms with Gasteiger partial charge in [-0.25, -0.2) is 0 Å². The number of hydrogen-bond acceptors (Lipinski definition) is 2. The van der Waals surface area contributed by atoms with Crippen molar-refractivity contribution in [3.05, 3.63) is 186 Å². The topological polar surface area (TPSA) is 3.24 Å². The van der Waals surface area contributed by atoms with E-state index in [0.29, 0.717) is 11.2 Å². The Morgan fingerprint density at radius 3 is 2.26 bits per heavy atom. The molecule has 0 bridgehead atoms. The van der Waals surface area contributed by atoms with Crippen LogP contribution >= 0.6 is 11.8 Å². The first-order chi connectivity index (χ1) is 23.1. The summed E-state index contributed by atoms with van der Waals surface area (Å²) in [7, 11) is 0. The Morgan fingerprint density at radius 1 is 0.681 bits per heavy atom. The fraction of sp³-hybridized carbons (Fsp3) is 0.156. The third-order valence-corrected chi connectivity index (χ3v) is 12.0. The van der Waals surface area contributed by atoms with E-state index in [0.717, 1.165) is 6.42 Å². The fourth-order valence-corrected chi connectivity index (χ4v) is 9.66. The molecule has 5 aromatic rings. The highest BCUT2D eigenvalue weighted by Crippen LogP contribution is 2.53. The molecular formula is C45H37NS. The second-order valence-corrected chi connectivity index (χ2v) is 14.8. The van der Waals surface area contributed by atoms with Gasteiger partial charge in [0, 0.05) is 32.9 Å². The lowest BCUT2D eigenvalue weighted by Gasteiger charge is -2.34. The first kappa shape index (κ1) is 28.4. The molecule has 228 valence electrons. The first-order valence-corrected chi connectivity index (χ1v) is 17.7. The van der Waals surface area contributed by atoms with Crippen LogP contribution in [0.1, 0.15) is 54.0 Å². The van der Waals surface area contributed by atoms with Crippen LogP contribution in [-0.4, -0.2) is 11.3 Å². The molecule has 0 amide bonds. The summed E-state index contributed by atoms with van der Waals surface area (Å²) in [5.74, 6) is 0.434. The van der Waals surface area contributed by atoms with Crippen molar-refractivity contribution in [3.8, 4) is 11.1 Å². The highest BCUT2D eigenvalue weighted by molar-refractivity contribution is 8.00. The van der Waals surface area contributed by atoms with Gasteiger partial charge in [-0.2, -0.15) is 0 Å². The predicted molar refractivity (Wildman–Crippen MR) is 200 cm³/mol. The lowest BCUT2D eigenvalue weighted by Crippen LogP contribution is -2.30. The quantitative estimate of drug-likeness (QED) is 0.192. The van der Waals surface area contributed by atoms with Crippen molar-refractivity contribution in [3.63, 3.8) is 0 Å². The van der Waals surface area contributed by atoms with Crippen LogP contribution in [0.3, 0.4) is 0 Å². The minimum atomic E-state index is -0.0473. The number of hydrogen-bond donors (Lipinski definition) is 0. The van der Waals surface area contributed by atoms with Crippen molar-refractivity contribution >= 4 is 34.3 Å². The molecule has 2 heteroatoms. The molecule has 0 aromatic heterocycles. The van der Waals surface area contributed by atoms with E-state index in [1.165, 1.54) is 66.4 Å². The minimum absolute atomic E-state index is 0.0473. The predicted octanol–water partition coefficient (Wildman–Crippen LogP) is 11.8. The number of benzene rings is 5. The van der Waals surface area contributed by atoms with E-state index in [1.54, 1.807) is 0 Å². The smallest absolute Gasteiger partial charge is 0.0560 e. The van der Waals surface area contributed by atoms with Crippen LogP contribution in [0.15, 0.2) is 163 Å². The molecule has 0 saturated heterocycles. The molecule has 0 saturated carbocycles. The molecule has 3 unspecified atom stereocenters. The second-order valence-electron chi connectivity index (χ2n) is 13.6. The van der Waals surface area contributed by atoms with E-state index in [4.69, 9.17) is 0 Å². The standard InChI is InChI=1S/C45H37NS/c1-45(2)41-17-8-6-13-37(41)38-28-27-35(29-42(38)45)46(33-23-19-31(20-24-33)30-11-4-3-5-12-30)34-25-21-32(22-26-34)36-15-10-16-40-39-14-7-9-18-43(39)47-44(36)40/h3-23,25-29,33,40,44H,24H2,1-2H3. The van der Waals surface area contributed by atoms with Crippen LogP contribution < -0.4 is 4.90 Å². The largest absolute Gasteiger partial charge is 0.334 e. The maximum Gasteiger partial charge on any atom is 0.0560 e. The Bertz CT molecular complexity index is 2130. The molecule has 47 heavy (non-hydrogen) atoms. The molecule has 1 nitrogen and oxygen atoms in total. The van der Waals surface area contributed by atoms with Crippen LogP contribution in [0.5, 0.6) is 0 Å². The fourth-order valence-electron chi connectivity index (χ4n) is 8.17. The lowest BCUT2D eigenvalue weighted by atomic mass is 9.82. The van der Waals surface area contributed by atoms with Crippen LogP contribution in [0.4, 0.5) is 11.4 Å². The molecule has 3 atom stereocenters. The van der Waals surface area contributed by atoms with Gasteiger partial charge in [0.1, 0.15) is 0 Å². The number of fused-ring (bicyclic) bond motifs is 6. The van der Waals surface area contributed by atoms with Crippen LogP contribution in [-0.2, 0) is 5.41 Å². The monoisotopic (exact) mass is 623 g/mol. The molecule has 0 spiro atoms. The summed E-state index contributed by atoms with van der Waals surface area (Å²) in [6.45, 7) is 4.74. The third-order valence-electron chi connectivity index (χ3n) is 10.6. The summed E-state index contributed by atoms with van der Waals surface area (Å²) in [5, 5.41) is 0.419. The van der Waals surface area contributed by atoms with Gasteiger partial charge in [-0.3, -0.25) is 0 Å². The third kappa shape index (κ3) is 4.69. The van der Waals surface area contributed by atoms with Gasteiger partial charge < -0.3 is 4.90 Å². The second kappa shape index (κ2) is 11.2. The van der Waals surface area contributed by atoms with Crippen molar-refractivity contribution in [1.29, 1.82) is 0 Å². The number of anilines is 2. The minimum Gasteiger partial charge on any atom is -0.334 e. The van der Waals surface area contributed by atoms with Crippen molar-refractivity contribution in [2.45, 2.75) is 47.8 Å². The summed E-state index contributed by atoms with van der Waals surface area (Å²) in [6, 6.07) is 45.3. The number of rotatable bonds is 5. The van der Waals surface area contributed by atoms with E-state index in [2.05, 4.69) is 177 Å². The Balaban J connectivity index is 1.08. The summed E-state index contributed by atoms with van der Waals surface area (Å²) in [4.78, 5) is 3.96. The van der Waals surface area contributed by atoms with Crippen molar-refractivity contribution < 1.29 is 0 Å². The molecule has 1 aliphatic heterocycles. The Hall–Kier alpha value is -4.79. The SMILES string of the molecule is CC1(C)c2ccccc2-c2ccc(N(c3ccc(C4=CC=CC5c6ccccc6SC45)cc3)C3C=CC(c4ccccc4)=CC3)cc21. The highest BCUT2D eigenvalue weighted by Gasteiger charge is 2.37. The van der Waals surface area contributed by atoms with Gasteiger partial charge in [-0.05, 0) is 86.8 Å². The molecule has 3 aliphatic carbocycles. The van der Waals surface area contributed by atoms with Gasteiger partial charge in [0.25, 0.3) is 0 Å². The van der Waals surface area contributed by atoms with Gasteiger partial charge >= 0.3 is 0 Å². The van der Waals surface area contributed by atoms with E-state index in [-0.39, 0.29) is 11.5 Å². The molecule has 0 N–H and O–H groups in total. The van der Waals surface area contributed by atoms with Gasteiger partial charge in [0.2, 0.25) is 0 Å². The van der Waals surface area contributed by atoms with E-state index in [1.807, 2.05) is 11.8 Å². The molecular weight excluding hydrogens is 587 g/mol. The maximum atomic E-state index is 2.55. The molecule has 4 aliphatic rings. The average molecular weight is 624 g/mol. The summed E-state index contributed by atoms with van der Waals surface area (Å²) in [5.41, 5.74) is 14.7. The lowest BCUT2D eigenvalue weighted by molar-refractivity contribution is 0.659. The summed E-state index contributed by atoms with van der Waals surface area (Å²) in [6.07, 6.45) is 15.0. The normalized spacial score (nSPS) is 21.3. The number of allylic oxidation sites excluding steroid dienone is 5. The number of nitrogens with zero attached hydrogens (tertiary/aromatic N) is 1. The Labute approximate surface area is 282 Å². The van der Waals surface area contributed by atoms with Crippen molar-refractivity contribution in [1.82, 2.24) is 0 Å². The maximum absolute atomic E-state index is 2.55. The summed E-state index contributed by atoms with van der Waals surface area (Å²) >= 11 is 2.01. The summed E-state index contributed by atoms with van der Waals surface area (Å²) < 4.78 is 0. The highest BCUT2D eigenvalue weighted by atomic mass is 32.2. The van der Waals surface area contributed by atoms with Crippen LogP contribution in [0.25, 0.3) is 22.3 Å². The number of thioether (sulfide) groups is 1. The molecule has 1 heterocycles. The van der Waals surface area contributed by atoms with Gasteiger partial charge in [0.15, 0.2) is 0 Å². The van der Waals surface area contributed by atoms with Crippen molar-refractivity contribution in [2.75, 3.05) is 4.90 Å². The molecule has 5 aromatic carbocycles. The first-order valence-electron chi connectivity index (χ1n) is 16.8. The average Bonchev–Trinajstić information content (AvgIpc) is 3.62. The van der Waals surface area contributed by atoms with Crippen molar-refractivity contribution in [2.24, 2.45) is 0 Å². The van der Waals surface area contributed by atoms with E-state index >= 15 is 0 Å². The van der Waals surface area contributed by atoms with E-state index in [9.17, 15) is 0 Å². The molecule has 0 fully saturated rings. The zero-order valence-electron chi connectivity index (χ0n) is 26.8. The molecule has 9 rings (SSSR count). The molecule has 0 radical (unpaired) electrons. The Kier molecular flexibility index (Phi) is 6.76. The van der Waals surface area contributed by atoms with Crippen LogP contribution in [0.2, 0.25) is 0 Å². The van der Waals surface area contributed by atoms with Gasteiger partial charge in [-0.1, -0.05) is 141 Å². The Morgan fingerprint density at radius 2 is 1.43 bits per heavy atom. The van der Waals surface area contributed by atoms with Crippen LogP contribution in [0, 0.1) is 0 Å². The zero-order valence-corrected chi connectivity index (χ0v) is 27.6. The van der Waals surface area contributed by atoms with Gasteiger partial charge in [-0.15, -0.1) is 11.8 Å². The van der Waals surface area contributed by atoms with Gasteiger partial charge in [0.05, 0.1) is 6.04 Å². The van der Waals surface area contributed by atoms with E-state index < -0.39 is 0 Å². The zero-order chi connectivity index (χ0) is 31.5.